The molecule has 0 unspecified atom stereocenters. The summed E-state index contributed by atoms with van der Waals surface area (Å²) in [7, 11) is 0. The van der Waals surface area contributed by atoms with Gasteiger partial charge in [0.2, 0.25) is 0 Å². The molecular weight excluding hydrogens is 368 g/mol. The van der Waals surface area contributed by atoms with Crippen molar-refractivity contribution in [2.24, 2.45) is 0 Å². The van der Waals surface area contributed by atoms with Crippen LogP contribution in [-0.2, 0) is 0 Å². The van der Waals surface area contributed by atoms with E-state index < -0.39 is 0 Å². The van der Waals surface area contributed by atoms with Crippen LogP contribution in [0.15, 0.2) is 41.0 Å². The highest BCUT2D eigenvalue weighted by atomic mass is 79.9. The Balaban J connectivity index is 2.02. The van der Waals surface area contributed by atoms with E-state index in [1.165, 1.54) is 0 Å². The maximum absolute atomic E-state index is 13.3. The number of carbonyl (C=O) groups excluding carboxylic acids is 1. The highest BCUT2D eigenvalue weighted by Crippen LogP contribution is 2.23. The highest BCUT2D eigenvalue weighted by Gasteiger charge is 2.22. The molecule has 0 saturated carbocycles. The fourth-order valence-electron chi connectivity index (χ4n) is 3.15. The largest absolute Gasteiger partial charge is 0.294 e. The van der Waals surface area contributed by atoms with Crippen molar-refractivity contribution < 1.29 is 4.79 Å². The number of halogens is 1. The normalized spacial score (nSPS) is 11.5. The maximum Gasteiger partial charge on any atom is 0.282 e. The Morgan fingerprint density at radius 3 is 2.67 bits per heavy atom. The molecule has 6 heteroatoms. The van der Waals surface area contributed by atoms with Gasteiger partial charge in [0.25, 0.3) is 5.91 Å². The van der Waals surface area contributed by atoms with E-state index in [9.17, 15) is 4.79 Å². The predicted molar refractivity (Wildman–Crippen MR) is 96.6 cm³/mol. The zero-order valence-corrected chi connectivity index (χ0v) is 15.1. The first-order valence-corrected chi connectivity index (χ1v) is 8.40. The first-order valence-electron chi connectivity index (χ1n) is 7.61. The predicted octanol–water partition coefficient (Wildman–Crippen LogP) is 4.06. The standard InChI is InChI=1S/C18H15BrN4O/c1-10-8-13(19)9-22-16(11(2)20-17(10)22)18(24)23-12(3)21-14-6-4-5-7-15(14)23/h4-9H,1-3H3. The van der Waals surface area contributed by atoms with Crippen molar-refractivity contribution in [1.29, 1.82) is 0 Å². The molecule has 0 N–H and O–H groups in total. The number of hydrogen-bond acceptors (Lipinski definition) is 3. The zero-order valence-electron chi connectivity index (χ0n) is 13.5. The number of carbonyl (C=O) groups is 1. The van der Waals surface area contributed by atoms with Crippen molar-refractivity contribution in [3.05, 3.63) is 63.8 Å². The van der Waals surface area contributed by atoms with Gasteiger partial charge in [0.05, 0.1) is 16.7 Å². The van der Waals surface area contributed by atoms with Gasteiger partial charge in [-0.1, -0.05) is 12.1 Å². The Bertz CT molecular complexity index is 1120. The summed E-state index contributed by atoms with van der Waals surface area (Å²) in [4.78, 5) is 22.4. The molecular formula is C18H15BrN4O. The molecule has 0 aliphatic carbocycles. The summed E-state index contributed by atoms with van der Waals surface area (Å²) in [6.07, 6.45) is 1.88. The molecule has 1 aromatic carbocycles. The number of hydrogen-bond donors (Lipinski definition) is 0. The average molecular weight is 383 g/mol. The Morgan fingerprint density at radius 1 is 1.12 bits per heavy atom. The third-order valence-electron chi connectivity index (χ3n) is 4.18. The molecule has 0 spiro atoms. The van der Waals surface area contributed by atoms with E-state index in [2.05, 4.69) is 25.9 Å². The third-order valence-corrected chi connectivity index (χ3v) is 4.61. The van der Waals surface area contributed by atoms with Crippen molar-refractivity contribution in [3.63, 3.8) is 0 Å². The molecule has 0 radical (unpaired) electrons. The van der Waals surface area contributed by atoms with Crippen LogP contribution in [0.2, 0.25) is 0 Å². The van der Waals surface area contributed by atoms with Crippen LogP contribution in [0.3, 0.4) is 0 Å². The molecule has 3 heterocycles. The van der Waals surface area contributed by atoms with Crippen LogP contribution in [0.1, 0.15) is 27.6 Å². The molecule has 0 aliphatic heterocycles. The molecule has 0 fully saturated rings. The van der Waals surface area contributed by atoms with Gasteiger partial charge in [-0.25, -0.2) is 9.97 Å². The number of imidazole rings is 2. The minimum Gasteiger partial charge on any atom is -0.294 e. The molecule has 5 nitrogen and oxygen atoms in total. The number of aryl methyl sites for hydroxylation is 3. The van der Waals surface area contributed by atoms with Gasteiger partial charge in [0, 0.05) is 10.7 Å². The Kier molecular flexibility index (Phi) is 3.31. The first-order chi connectivity index (χ1) is 11.5. The van der Waals surface area contributed by atoms with E-state index in [4.69, 9.17) is 0 Å². The Morgan fingerprint density at radius 2 is 1.88 bits per heavy atom. The minimum absolute atomic E-state index is 0.122. The average Bonchev–Trinajstić information content (AvgIpc) is 3.03. The maximum atomic E-state index is 13.3. The number of pyridine rings is 1. The molecule has 0 amide bonds. The van der Waals surface area contributed by atoms with Crippen molar-refractivity contribution in [3.8, 4) is 0 Å². The number of rotatable bonds is 1. The molecule has 3 aromatic heterocycles. The second-order valence-corrected chi connectivity index (χ2v) is 6.78. The van der Waals surface area contributed by atoms with E-state index in [1.807, 2.05) is 61.7 Å². The summed E-state index contributed by atoms with van der Waals surface area (Å²) in [5, 5.41) is 0. The zero-order chi connectivity index (χ0) is 17.0. The molecule has 120 valence electrons. The molecule has 24 heavy (non-hydrogen) atoms. The lowest BCUT2D eigenvalue weighted by Gasteiger charge is -2.07. The molecule has 4 rings (SSSR count). The van der Waals surface area contributed by atoms with Gasteiger partial charge in [-0.15, -0.1) is 0 Å². The van der Waals surface area contributed by atoms with Gasteiger partial charge in [0.1, 0.15) is 17.2 Å². The van der Waals surface area contributed by atoms with Crippen LogP contribution in [0.5, 0.6) is 0 Å². The van der Waals surface area contributed by atoms with Gasteiger partial charge in [-0.2, -0.15) is 0 Å². The van der Waals surface area contributed by atoms with Crippen LogP contribution in [0.4, 0.5) is 0 Å². The van der Waals surface area contributed by atoms with Crippen molar-refractivity contribution >= 4 is 38.5 Å². The number of aromatic nitrogens is 4. The van der Waals surface area contributed by atoms with Crippen molar-refractivity contribution in [1.82, 2.24) is 18.9 Å². The summed E-state index contributed by atoms with van der Waals surface area (Å²) in [5.41, 5.74) is 4.69. The van der Waals surface area contributed by atoms with E-state index in [0.29, 0.717) is 17.2 Å². The van der Waals surface area contributed by atoms with Gasteiger partial charge < -0.3 is 0 Å². The summed E-state index contributed by atoms with van der Waals surface area (Å²) < 4.78 is 4.42. The lowest BCUT2D eigenvalue weighted by Crippen LogP contribution is -2.17. The van der Waals surface area contributed by atoms with Gasteiger partial charge in [-0.05, 0) is 60.5 Å². The summed E-state index contributed by atoms with van der Waals surface area (Å²) >= 11 is 3.50. The number of fused-ring (bicyclic) bond motifs is 2. The Hall–Kier alpha value is -2.47. The van der Waals surface area contributed by atoms with Crippen LogP contribution >= 0.6 is 15.9 Å². The lowest BCUT2D eigenvalue weighted by atomic mass is 10.2. The quantitative estimate of drug-likeness (QED) is 0.498. The second kappa shape index (κ2) is 5.27. The fraction of sp³-hybridized carbons (Fsp3) is 0.167. The van der Waals surface area contributed by atoms with Crippen molar-refractivity contribution in [2.75, 3.05) is 0 Å². The monoisotopic (exact) mass is 382 g/mol. The van der Waals surface area contributed by atoms with Crippen LogP contribution in [0.25, 0.3) is 16.7 Å². The van der Waals surface area contributed by atoms with Crippen LogP contribution < -0.4 is 0 Å². The number of nitrogens with zero attached hydrogens (tertiary/aromatic N) is 4. The van der Waals surface area contributed by atoms with E-state index in [-0.39, 0.29) is 5.91 Å². The SMILES string of the molecule is Cc1nc2c(C)cc(Br)cn2c1C(=O)n1c(C)nc2ccccc21. The van der Waals surface area contributed by atoms with E-state index in [0.717, 1.165) is 26.7 Å². The highest BCUT2D eigenvalue weighted by molar-refractivity contribution is 9.10. The van der Waals surface area contributed by atoms with Gasteiger partial charge >= 0.3 is 0 Å². The van der Waals surface area contributed by atoms with Crippen LogP contribution in [-0.4, -0.2) is 24.8 Å². The van der Waals surface area contributed by atoms with Crippen molar-refractivity contribution in [2.45, 2.75) is 20.8 Å². The third kappa shape index (κ3) is 2.10. The molecule has 0 atom stereocenters. The molecule has 0 bridgehead atoms. The fourth-order valence-corrected chi connectivity index (χ4v) is 3.70. The van der Waals surface area contributed by atoms with E-state index >= 15 is 0 Å². The topological polar surface area (TPSA) is 52.2 Å². The minimum atomic E-state index is -0.122. The summed E-state index contributed by atoms with van der Waals surface area (Å²) in [5.74, 6) is 0.547. The Labute approximate surface area is 147 Å². The summed E-state index contributed by atoms with van der Waals surface area (Å²) in [6, 6.07) is 9.65. The van der Waals surface area contributed by atoms with E-state index in [1.54, 1.807) is 4.57 Å². The number of benzene rings is 1. The first kappa shape index (κ1) is 15.1. The van der Waals surface area contributed by atoms with Gasteiger partial charge in [0.15, 0.2) is 0 Å². The second-order valence-electron chi connectivity index (χ2n) is 5.87. The smallest absolute Gasteiger partial charge is 0.282 e. The van der Waals surface area contributed by atoms with Gasteiger partial charge in [-0.3, -0.25) is 13.8 Å². The number of para-hydroxylation sites is 2. The molecule has 0 aliphatic rings. The van der Waals surface area contributed by atoms with Crippen LogP contribution in [0, 0.1) is 20.8 Å². The molecule has 4 aromatic rings. The summed E-state index contributed by atoms with van der Waals surface area (Å²) in [6.45, 7) is 5.69. The molecule has 0 saturated heterocycles. The lowest BCUT2D eigenvalue weighted by molar-refractivity contribution is 0.0956.